The van der Waals surface area contributed by atoms with E-state index in [0.29, 0.717) is 0 Å². The van der Waals surface area contributed by atoms with Gasteiger partial charge < -0.3 is 0 Å². The van der Waals surface area contributed by atoms with Gasteiger partial charge in [-0.05, 0) is 0 Å². The van der Waals surface area contributed by atoms with Crippen molar-refractivity contribution in [2.24, 2.45) is 0 Å². The van der Waals surface area contributed by atoms with E-state index in [1.807, 2.05) is 0 Å². The fourth-order valence-electron chi connectivity index (χ4n) is 0. The smallest absolute Gasteiger partial charge is 0 e. The van der Waals surface area contributed by atoms with Crippen LogP contribution in [0.25, 0.3) is 0 Å². The summed E-state index contributed by atoms with van der Waals surface area (Å²) in [5, 5.41) is 0. The molecule has 135 heteroatoms. The van der Waals surface area contributed by atoms with Crippen molar-refractivity contribution >= 4 is 0 Å². The van der Waals surface area contributed by atoms with Gasteiger partial charge in [0.25, 0.3) is 0 Å². The van der Waals surface area contributed by atoms with E-state index in [-0.39, 0.29) is 4420 Å². The van der Waals surface area contributed by atoms with E-state index < -0.39 is 0 Å². The Bertz CT molecular complexity index is 0. The third kappa shape index (κ3) is 1010. The second-order valence-electron chi connectivity index (χ2n) is 0. The van der Waals surface area contributed by atoms with Gasteiger partial charge in [-0.15, -0.1) is 0 Å². The Balaban J connectivity index is 0. The molecule has 0 saturated heterocycles. The topological polar surface area (TPSA) is 0 Å². The molecule has 0 fully saturated rings. The summed E-state index contributed by atoms with van der Waals surface area (Å²) in [5.74, 6) is 0. The Morgan fingerprint density at radius 1 is 0.00741 bits per heavy atom. The molecule has 0 aromatic rings. The average Bonchev–Trinajstić information content (AvgIpc) is 0. The molecule has 0 atom stereocenters. The molecular formula is Y135. The Morgan fingerprint density at radius 2 is 0.00741 bits per heavy atom. The minimum Gasteiger partial charge on any atom is 0 e. The first-order valence-corrected chi connectivity index (χ1v) is 0. The largest absolute Gasteiger partial charge is 0 e. The Hall–Kier alpha value is 149. The van der Waals surface area contributed by atoms with E-state index in [1.165, 1.54) is 0 Å². The fraction of sp³-hybridized carbons (Fsp3) is 0. The Labute approximate surface area is 4240 Å². The molecule has 0 saturated carbocycles. The van der Waals surface area contributed by atoms with E-state index in [2.05, 4.69) is 0 Å². The second kappa shape index (κ2) is 1010. The normalized spacial score (nSPS) is 0. The molecule has 0 nitrogen and oxygen atoms in total. The number of rotatable bonds is 0. The summed E-state index contributed by atoms with van der Waals surface area (Å²) < 4.78 is 0. The van der Waals surface area contributed by atoms with Crippen molar-refractivity contribution in [2.45, 2.75) is 0 Å². The van der Waals surface area contributed by atoms with Crippen LogP contribution in [0.15, 0.2) is 0 Å². The van der Waals surface area contributed by atoms with Gasteiger partial charge in [0.15, 0.2) is 0 Å². The van der Waals surface area contributed by atoms with Crippen LogP contribution in [0.2, 0.25) is 0 Å². The summed E-state index contributed by atoms with van der Waals surface area (Å²) in [6.45, 7) is 0. The Morgan fingerprint density at radius 3 is 0.00741 bits per heavy atom. The van der Waals surface area contributed by atoms with Gasteiger partial charge in [0.05, 0.1) is 0 Å². The molecule has 0 spiro atoms. The van der Waals surface area contributed by atoms with Crippen molar-refractivity contribution in [3.8, 4) is 0 Å². The van der Waals surface area contributed by atoms with Crippen LogP contribution < -0.4 is 0 Å². The molecule has 0 aliphatic carbocycles. The Kier molecular flexibility index (Phi) is 7690. The summed E-state index contributed by atoms with van der Waals surface area (Å²) in [6, 6.07) is 0. The van der Waals surface area contributed by atoms with Crippen LogP contribution in [0, 0.1) is 0 Å². The standard InChI is InChI=1S/135Y. The predicted molar refractivity (Wildman–Crippen MR) is 0 cm³/mol. The van der Waals surface area contributed by atoms with Crippen LogP contribution in [0.5, 0.6) is 0 Å². The molecule has 0 bridgehead atoms. The van der Waals surface area contributed by atoms with E-state index in [1.54, 1.807) is 0 Å². The molecular weight excluding hydrogens is 12000 g/mol. The molecule has 135 radical (unpaired) electrons. The summed E-state index contributed by atoms with van der Waals surface area (Å²) in [7, 11) is 0. The van der Waals surface area contributed by atoms with Crippen LogP contribution in [-0.4, -0.2) is 0 Å². The van der Waals surface area contributed by atoms with E-state index in [0.717, 1.165) is 0 Å². The predicted octanol–water partition coefficient (Wildman–Crippen LogP) is -0.338. The van der Waals surface area contributed by atoms with Gasteiger partial charge in [-0.25, -0.2) is 0 Å². The monoisotopic (exact) mass is 12000 g/mol. The first kappa shape index (κ1) is 1020. The van der Waals surface area contributed by atoms with Crippen LogP contribution in [0.1, 0.15) is 0 Å². The van der Waals surface area contributed by atoms with Crippen molar-refractivity contribution in [3.05, 3.63) is 0 Å². The maximum atomic E-state index is 0. The molecule has 0 N–H and O–H groups in total. The molecule has 0 aliphatic heterocycles. The first-order chi connectivity index (χ1) is 0. The van der Waals surface area contributed by atoms with Crippen LogP contribution in [0.4, 0.5) is 0 Å². The van der Waals surface area contributed by atoms with Crippen molar-refractivity contribution in [1.82, 2.24) is 0 Å². The molecule has 0 heterocycles. The molecule has 0 aliphatic rings. The SMILES string of the molecule is [Y].[Y].[Y].[Y].[Y].[Y].[Y].[Y].[Y].[Y].[Y].[Y].[Y].[Y].[Y].[Y].[Y].[Y].[Y].[Y].[Y].[Y].[Y].[Y].[Y].[Y].[Y].[Y].[Y].[Y].[Y].[Y].[Y].[Y].[Y].[Y].[Y].[Y].[Y].[Y].[Y].[Y].[Y].[Y].[Y].[Y].[Y].[Y].[Y].[Y].[Y].[Y].[Y].[Y].[Y].[Y].[Y].[Y].[Y].[Y].[Y].[Y].[Y].[Y].[Y].[Y].[Y].[Y].[Y].[Y].[Y].[Y].[Y].[Y].[Y].[Y].[Y].[Y].[Y].[Y].[Y].[Y].[Y].[Y].[Y].[Y].[Y].[Y].[Y].[Y].[Y].[Y].[Y].[Y].[Y].[Y].[Y].[Y].[Y].[Y].[Y].[Y].[Y].[Y].[Y].[Y].[Y].[Y].[Y].[Y].[Y].[Y].[Y].[Y].[Y].[Y].[Y].[Y].[Y].[Y].[Y].[Y].[Y].[Y].[Y].[Y].[Y].[Y].[Y].[Y].[Y].[Y].[Y].[Y].[Y]. The molecule has 0 unspecified atom stereocenters. The van der Waals surface area contributed by atoms with Gasteiger partial charge in [0.2, 0.25) is 0 Å². The maximum Gasteiger partial charge on any atom is 0 e. The van der Waals surface area contributed by atoms with E-state index >= 15 is 0 Å². The van der Waals surface area contributed by atoms with Gasteiger partial charge in [0, 0.05) is 4420 Å². The fourth-order valence-corrected chi connectivity index (χ4v) is 0. The van der Waals surface area contributed by atoms with Crippen molar-refractivity contribution in [1.29, 1.82) is 0 Å². The minimum absolute atomic E-state index is 0. The van der Waals surface area contributed by atoms with E-state index in [9.17, 15) is 0 Å². The molecule has 0 amide bonds. The van der Waals surface area contributed by atoms with Gasteiger partial charge in [-0.3, -0.25) is 0 Å². The van der Waals surface area contributed by atoms with E-state index in [4.69, 9.17) is 0 Å². The zero-order valence-electron chi connectivity index (χ0n) is 77.9. The molecule has 135 heavy (non-hydrogen) atoms. The average molecular weight is 12000 g/mol. The van der Waals surface area contributed by atoms with Crippen LogP contribution in [-0.2, 0) is 4420 Å². The molecule has 0 aromatic carbocycles. The first-order valence-electron chi connectivity index (χ1n) is 0. The quantitative estimate of drug-likeness (QED) is 0.312. The number of hydrogen-bond acceptors (Lipinski definition) is 0. The van der Waals surface area contributed by atoms with Gasteiger partial charge in [-0.2, -0.15) is 0 Å². The number of hydrogen-bond donors (Lipinski definition) is 0. The zero-order valence-corrected chi connectivity index (χ0v) is 461. The van der Waals surface area contributed by atoms with Gasteiger partial charge in [0.1, 0.15) is 0 Å². The summed E-state index contributed by atoms with van der Waals surface area (Å²) in [6.07, 6.45) is 0. The van der Waals surface area contributed by atoms with Crippen molar-refractivity contribution < 1.29 is 4420 Å². The third-order valence-corrected chi connectivity index (χ3v) is 0. The van der Waals surface area contributed by atoms with Crippen LogP contribution in [0.3, 0.4) is 0 Å². The maximum absolute atomic E-state index is 0. The molecule has 0 rings (SSSR count). The van der Waals surface area contributed by atoms with Crippen molar-refractivity contribution in [2.75, 3.05) is 0 Å². The molecule has 0 aromatic heterocycles. The summed E-state index contributed by atoms with van der Waals surface area (Å²) in [5.41, 5.74) is 0. The second-order valence-corrected chi connectivity index (χ2v) is 0. The zero-order chi connectivity index (χ0) is 0. The minimum atomic E-state index is 0. The van der Waals surface area contributed by atoms with Crippen molar-refractivity contribution in [3.63, 3.8) is 0 Å². The summed E-state index contributed by atoms with van der Waals surface area (Å²) >= 11 is 0. The molecule has 405 valence electrons. The summed E-state index contributed by atoms with van der Waals surface area (Å²) in [4.78, 5) is 0. The third-order valence-electron chi connectivity index (χ3n) is 0. The van der Waals surface area contributed by atoms with Crippen LogP contribution >= 0.6 is 0 Å². The van der Waals surface area contributed by atoms with Gasteiger partial charge >= 0.3 is 0 Å². The van der Waals surface area contributed by atoms with Gasteiger partial charge in [-0.1, -0.05) is 0 Å².